The summed E-state index contributed by atoms with van der Waals surface area (Å²) >= 11 is 0. The highest BCUT2D eigenvalue weighted by molar-refractivity contribution is 7.92. The van der Waals surface area contributed by atoms with Crippen LogP contribution in [0.25, 0.3) is 0 Å². The molecule has 0 aliphatic heterocycles. The lowest BCUT2D eigenvalue weighted by molar-refractivity contribution is 0.0938. The molecule has 128 valence electrons. The largest absolute Gasteiger partial charge is 0.350 e. The van der Waals surface area contributed by atoms with Crippen molar-refractivity contribution in [3.63, 3.8) is 0 Å². The van der Waals surface area contributed by atoms with Gasteiger partial charge in [-0.25, -0.2) is 8.42 Å². The van der Waals surface area contributed by atoms with Crippen LogP contribution in [0.4, 0.5) is 5.69 Å². The Kier molecular flexibility index (Phi) is 5.98. The van der Waals surface area contributed by atoms with E-state index >= 15 is 0 Å². The van der Waals surface area contributed by atoms with E-state index in [2.05, 4.69) is 17.0 Å². The Morgan fingerprint density at radius 1 is 1.04 bits per heavy atom. The van der Waals surface area contributed by atoms with Crippen molar-refractivity contribution >= 4 is 21.6 Å². The second-order valence-corrected chi connectivity index (χ2v) is 7.34. The second-order valence-electron chi connectivity index (χ2n) is 5.66. The van der Waals surface area contributed by atoms with Crippen molar-refractivity contribution < 1.29 is 13.2 Å². The fraction of sp³-hybridized carbons (Fsp3) is 0.278. The van der Waals surface area contributed by atoms with Crippen LogP contribution in [0.5, 0.6) is 0 Å². The monoisotopic (exact) mass is 346 g/mol. The van der Waals surface area contributed by atoms with E-state index in [1.807, 2.05) is 13.0 Å². The van der Waals surface area contributed by atoms with Crippen LogP contribution in [0.1, 0.15) is 37.0 Å². The Labute approximate surface area is 143 Å². The Balaban J connectivity index is 2.09. The predicted octanol–water partition coefficient (Wildman–Crippen LogP) is 3.41. The quantitative estimate of drug-likeness (QED) is 0.807. The van der Waals surface area contributed by atoms with E-state index in [-0.39, 0.29) is 16.8 Å². The first kappa shape index (κ1) is 18.0. The summed E-state index contributed by atoms with van der Waals surface area (Å²) in [5, 5.41) is 2.89. The van der Waals surface area contributed by atoms with Crippen LogP contribution in [0.2, 0.25) is 0 Å². The minimum atomic E-state index is -3.67. The number of amides is 1. The van der Waals surface area contributed by atoms with E-state index in [0.717, 1.165) is 12.8 Å². The normalized spacial score (nSPS) is 12.4. The van der Waals surface area contributed by atoms with Gasteiger partial charge in [0.25, 0.3) is 15.9 Å². The van der Waals surface area contributed by atoms with E-state index in [9.17, 15) is 13.2 Å². The molecule has 0 aliphatic rings. The highest BCUT2D eigenvalue weighted by Gasteiger charge is 2.15. The van der Waals surface area contributed by atoms with Gasteiger partial charge in [0, 0.05) is 17.3 Å². The lowest BCUT2D eigenvalue weighted by Crippen LogP contribution is -2.32. The van der Waals surface area contributed by atoms with Gasteiger partial charge in [-0.05, 0) is 49.7 Å². The third-order valence-corrected chi connectivity index (χ3v) is 4.95. The molecule has 0 heterocycles. The zero-order valence-electron chi connectivity index (χ0n) is 13.8. The van der Waals surface area contributed by atoms with Crippen LogP contribution in [0.15, 0.2) is 59.5 Å². The van der Waals surface area contributed by atoms with Crippen LogP contribution in [-0.4, -0.2) is 20.4 Å². The Hall–Kier alpha value is -2.34. The molecular weight excluding hydrogens is 324 g/mol. The molecule has 2 aromatic rings. The average molecular weight is 346 g/mol. The molecule has 0 bridgehead atoms. The maximum absolute atomic E-state index is 12.3. The molecule has 1 unspecified atom stereocenters. The van der Waals surface area contributed by atoms with Crippen molar-refractivity contribution in [2.24, 2.45) is 0 Å². The Morgan fingerprint density at radius 3 is 2.25 bits per heavy atom. The maximum atomic E-state index is 12.3. The molecule has 0 fully saturated rings. The third kappa shape index (κ3) is 4.83. The topological polar surface area (TPSA) is 75.3 Å². The number of hydrogen-bond acceptors (Lipinski definition) is 3. The Morgan fingerprint density at radius 2 is 1.67 bits per heavy atom. The predicted molar refractivity (Wildman–Crippen MR) is 95.5 cm³/mol. The smallest absolute Gasteiger partial charge is 0.261 e. The van der Waals surface area contributed by atoms with Gasteiger partial charge in [-0.1, -0.05) is 31.5 Å². The summed E-state index contributed by atoms with van der Waals surface area (Å²) in [4.78, 5) is 12.2. The standard InChI is InChI=1S/C18H22N2O3S/c1-3-7-14(2)19-18(21)15-10-12-17(13-11-15)24(22,23)20-16-8-5-4-6-9-16/h4-6,8-14,20H,3,7H2,1-2H3,(H,19,21). The van der Waals surface area contributed by atoms with Gasteiger partial charge in [0.2, 0.25) is 0 Å². The third-order valence-electron chi connectivity index (χ3n) is 3.55. The number of nitrogens with one attached hydrogen (secondary N) is 2. The lowest BCUT2D eigenvalue weighted by atomic mass is 10.1. The molecular formula is C18H22N2O3S. The van der Waals surface area contributed by atoms with Crippen LogP contribution >= 0.6 is 0 Å². The van der Waals surface area contributed by atoms with E-state index in [4.69, 9.17) is 0 Å². The second kappa shape index (κ2) is 7.97. The van der Waals surface area contributed by atoms with Crippen molar-refractivity contribution in [2.75, 3.05) is 4.72 Å². The zero-order chi connectivity index (χ0) is 17.6. The van der Waals surface area contributed by atoms with Crippen LogP contribution < -0.4 is 10.0 Å². The van der Waals surface area contributed by atoms with Crippen LogP contribution in [0, 0.1) is 0 Å². The number of benzene rings is 2. The molecule has 2 N–H and O–H groups in total. The number of hydrogen-bond donors (Lipinski definition) is 2. The molecule has 24 heavy (non-hydrogen) atoms. The van der Waals surface area contributed by atoms with Crippen molar-refractivity contribution in [3.05, 3.63) is 60.2 Å². The Bertz CT molecular complexity index is 772. The van der Waals surface area contributed by atoms with Crippen LogP contribution in [0.3, 0.4) is 0 Å². The van der Waals surface area contributed by atoms with Gasteiger partial charge in [0.1, 0.15) is 0 Å². The van der Waals surface area contributed by atoms with Crippen molar-refractivity contribution in [3.8, 4) is 0 Å². The highest BCUT2D eigenvalue weighted by atomic mass is 32.2. The minimum absolute atomic E-state index is 0.0886. The molecule has 0 radical (unpaired) electrons. The number of rotatable bonds is 7. The van der Waals surface area contributed by atoms with E-state index in [1.165, 1.54) is 24.3 Å². The molecule has 5 nitrogen and oxygen atoms in total. The first-order valence-electron chi connectivity index (χ1n) is 7.91. The van der Waals surface area contributed by atoms with Gasteiger partial charge in [0.15, 0.2) is 0 Å². The van der Waals surface area contributed by atoms with Crippen molar-refractivity contribution in [1.82, 2.24) is 5.32 Å². The van der Waals surface area contributed by atoms with Gasteiger partial charge in [-0.15, -0.1) is 0 Å². The molecule has 0 aliphatic carbocycles. The van der Waals surface area contributed by atoms with Gasteiger partial charge in [0.05, 0.1) is 4.90 Å². The first-order chi connectivity index (χ1) is 11.4. The van der Waals surface area contributed by atoms with Crippen molar-refractivity contribution in [2.45, 2.75) is 37.6 Å². The average Bonchev–Trinajstić information content (AvgIpc) is 2.55. The summed E-state index contributed by atoms with van der Waals surface area (Å²) < 4.78 is 27.2. The van der Waals surface area contributed by atoms with Crippen molar-refractivity contribution in [1.29, 1.82) is 0 Å². The van der Waals surface area contributed by atoms with E-state index in [0.29, 0.717) is 11.3 Å². The number of para-hydroxylation sites is 1. The number of sulfonamides is 1. The fourth-order valence-corrected chi connectivity index (χ4v) is 3.38. The summed E-state index contributed by atoms with van der Waals surface area (Å²) in [6.07, 6.45) is 1.89. The molecule has 0 spiro atoms. The maximum Gasteiger partial charge on any atom is 0.261 e. The summed E-state index contributed by atoms with van der Waals surface area (Å²) in [7, 11) is -3.67. The summed E-state index contributed by atoms with van der Waals surface area (Å²) in [5.74, 6) is -0.198. The SMILES string of the molecule is CCCC(C)NC(=O)c1ccc(S(=O)(=O)Nc2ccccc2)cc1. The number of carbonyl (C=O) groups excluding carboxylic acids is 1. The molecule has 1 atom stereocenters. The van der Waals surface area contributed by atoms with Gasteiger partial charge in [-0.2, -0.15) is 0 Å². The van der Waals surface area contributed by atoms with Gasteiger partial charge in [-0.3, -0.25) is 9.52 Å². The summed E-state index contributed by atoms with van der Waals surface area (Å²) in [5.41, 5.74) is 0.935. The fourth-order valence-electron chi connectivity index (χ4n) is 2.32. The summed E-state index contributed by atoms with van der Waals surface area (Å²) in [6, 6.07) is 14.7. The van der Waals surface area contributed by atoms with Gasteiger partial charge < -0.3 is 5.32 Å². The van der Waals surface area contributed by atoms with E-state index in [1.54, 1.807) is 24.3 Å². The highest BCUT2D eigenvalue weighted by Crippen LogP contribution is 2.16. The summed E-state index contributed by atoms with van der Waals surface area (Å²) in [6.45, 7) is 4.01. The molecule has 2 aromatic carbocycles. The van der Waals surface area contributed by atoms with Gasteiger partial charge >= 0.3 is 0 Å². The molecule has 1 amide bonds. The molecule has 2 rings (SSSR count). The number of carbonyl (C=O) groups is 1. The molecule has 0 saturated carbocycles. The first-order valence-corrected chi connectivity index (χ1v) is 9.39. The number of anilines is 1. The molecule has 0 saturated heterocycles. The van der Waals surface area contributed by atoms with Crippen LogP contribution in [-0.2, 0) is 10.0 Å². The molecule has 6 heteroatoms. The lowest BCUT2D eigenvalue weighted by Gasteiger charge is -2.13. The minimum Gasteiger partial charge on any atom is -0.350 e. The van der Waals surface area contributed by atoms with E-state index < -0.39 is 10.0 Å². The molecule has 0 aromatic heterocycles. The zero-order valence-corrected chi connectivity index (χ0v) is 14.6.